The largest absolute Gasteiger partial charge is 0.387 e. The zero-order valence-electron chi connectivity index (χ0n) is 17.1. The van der Waals surface area contributed by atoms with E-state index in [0.717, 1.165) is 11.1 Å². The first-order valence-electron chi connectivity index (χ1n) is 9.57. The molecule has 3 aromatic rings. The molecule has 6 nitrogen and oxygen atoms in total. The van der Waals surface area contributed by atoms with Crippen molar-refractivity contribution in [3.05, 3.63) is 101 Å². The third kappa shape index (κ3) is 6.42. The molecule has 3 rings (SSSR count). The van der Waals surface area contributed by atoms with Gasteiger partial charge in [-0.25, -0.2) is 0 Å². The molecule has 1 atom stereocenters. The summed E-state index contributed by atoms with van der Waals surface area (Å²) in [5, 5.41) is 13.5. The van der Waals surface area contributed by atoms with Gasteiger partial charge in [0.25, 0.3) is 5.91 Å². The molecule has 31 heavy (non-hydrogen) atoms. The molecule has 0 radical (unpaired) electrons. The van der Waals surface area contributed by atoms with Crippen molar-refractivity contribution in [1.82, 2.24) is 5.32 Å². The highest BCUT2D eigenvalue weighted by Crippen LogP contribution is 2.19. The van der Waals surface area contributed by atoms with Crippen LogP contribution in [-0.4, -0.2) is 17.6 Å². The van der Waals surface area contributed by atoms with E-state index in [1.165, 1.54) is 0 Å². The van der Waals surface area contributed by atoms with E-state index in [2.05, 4.69) is 10.6 Å². The highest BCUT2D eigenvalue weighted by atomic mass is 35.5. The molecular weight excluding hydrogens is 412 g/mol. The minimum absolute atomic E-state index is 0. The topological polar surface area (TPSA) is 108 Å². The summed E-state index contributed by atoms with van der Waals surface area (Å²) in [6.45, 7) is 2.32. The van der Waals surface area contributed by atoms with E-state index in [0.29, 0.717) is 23.4 Å². The molecule has 3 aromatic carbocycles. The number of carbonyl (C=O) groups is 2. The Morgan fingerprint density at radius 1 is 0.968 bits per heavy atom. The van der Waals surface area contributed by atoms with Gasteiger partial charge in [0.2, 0.25) is 5.91 Å². The zero-order chi connectivity index (χ0) is 21.5. The standard InChI is InChI=1S/C24H24N4O2.ClH/c1-16-6-5-9-19(14-16)23(29)27-15-17-10-12-20(13-11-17)28-24(30)21(22(25)26)18-7-3-2-4-8-18;/h2-14,21H,15H2,1H3,(H3,25,26)(H,27,29)(H,28,30);1H. The van der Waals surface area contributed by atoms with Crippen molar-refractivity contribution in [3.63, 3.8) is 0 Å². The first-order valence-corrected chi connectivity index (χ1v) is 9.57. The van der Waals surface area contributed by atoms with Gasteiger partial charge in [-0.05, 0) is 42.3 Å². The van der Waals surface area contributed by atoms with Crippen molar-refractivity contribution in [2.75, 3.05) is 5.32 Å². The number of amides is 2. The molecule has 0 aliphatic carbocycles. The molecule has 0 aliphatic rings. The Morgan fingerprint density at radius 3 is 2.26 bits per heavy atom. The Morgan fingerprint density at radius 2 is 1.65 bits per heavy atom. The van der Waals surface area contributed by atoms with Crippen molar-refractivity contribution in [1.29, 1.82) is 5.41 Å². The van der Waals surface area contributed by atoms with Crippen molar-refractivity contribution >= 4 is 35.7 Å². The Hall–Kier alpha value is -3.64. The monoisotopic (exact) mass is 436 g/mol. The Balaban J connectivity index is 0.00000341. The molecule has 5 N–H and O–H groups in total. The summed E-state index contributed by atoms with van der Waals surface area (Å²) in [4.78, 5) is 24.9. The van der Waals surface area contributed by atoms with Crippen molar-refractivity contribution in [2.45, 2.75) is 19.4 Å². The van der Waals surface area contributed by atoms with Crippen LogP contribution >= 0.6 is 12.4 Å². The van der Waals surface area contributed by atoms with Crippen LogP contribution in [0.15, 0.2) is 78.9 Å². The summed E-state index contributed by atoms with van der Waals surface area (Å²) in [6, 6.07) is 23.6. The first kappa shape index (κ1) is 23.6. The molecule has 2 amide bonds. The predicted molar refractivity (Wildman–Crippen MR) is 126 cm³/mol. The summed E-state index contributed by atoms with van der Waals surface area (Å²) < 4.78 is 0. The van der Waals surface area contributed by atoms with Crippen LogP contribution in [-0.2, 0) is 11.3 Å². The lowest BCUT2D eigenvalue weighted by Crippen LogP contribution is -2.32. The maximum absolute atomic E-state index is 12.6. The van der Waals surface area contributed by atoms with Gasteiger partial charge >= 0.3 is 0 Å². The number of benzene rings is 3. The average molecular weight is 437 g/mol. The summed E-state index contributed by atoms with van der Waals surface area (Å²) >= 11 is 0. The molecule has 0 spiro atoms. The Bertz CT molecular complexity index is 1050. The first-order chi connectivity index (χ1) is 14.4. The lowest BCUT2D eigenvalue weighted by Gasteiger charge is -2.16. The maximum Gasteiger partial charge on any atom is 0.251 e. The van der Waals surface area contributed by atoms with E-state index in [4.69, 9.17) is 11.1 Å². The van der Waals surface area contributed by atoms with Gasteiger partial charge in [-0.15, -0.1) is 12.4 Å². The maximum atomic E-state index is 12.6. The lowest BCUT2D eigenvalue weighted by molar-refractivity contribution is -0.116. The van der Waals surface area contributed by atoms with Crippen LogP contribution in [0.1, 0.15) is 33.0 Å². The van der Waals surface area contributed by atoms with Crippen LogP contribution in [0.25, 0.3) is 0 Å². The summed E-state index contributed by atoms with van der Waals surface area (Å²) in [5.74, 6) is -1.56. The Kier molecular flexibility index (Phi) is 8.34. The third-order valence-electron chi connectivity index (χ3n) is 4.66. The Labute approximate surface area is 187 Å². The lowest BCUT2D eigenvalue weighted by atomic mass is 9.97. The van der Waals surface area contributed by atoms with Crippen molar-refractivity contribution < 1.29 is 9.59 Å². The molecule has 0 heterocycles. The molecule has 0 aromatic heterocycles. The number of aryl methyl sites for hydroxylation is 1. The van der Waals surface area contributed by atoms with E-state index in [1.54, 1.807) is 42.5 Å². The van der Waals surface area contributed by atoms with Gasteiger partial charge in [0.05, 0.1) is 0 Å². The molecular formula is C24H25ClN4O2. The average Bonchev–Trinajstić information content (AvgIpc) is 2.73. The van der Waals surface area contributed by atoms with E-state index in [1.807, 2.05) is 43.3 Å². The van der Waals surface area contributed by atoms with Gasteiger partial charge in [-0.1, -0.05) is 60.2 Å². The number of amidine groups is 1. The molecule has 7 heteroatoms. The molecule has 160 valence electrons. The summed E-state index contributed by atoms with van der Waals surface area (Å²) in [7, 11) is 0. The SMILES string of the molecule is Cc1cccc(C(=O)NCc2ccc(NC(=O)C(C(=N)N)c3ccccc3)cc2)c1.Cl. The second kappa shape index (κ2) is 10.9. The normalized spacial score (nSPS) is 11.0. The highest BCUT2D eigenvalue weighted by Gasteiger charge is 2.23. The number of anilines is 1. The molecule has 0 saturated heterocycles. The number of hydrogen-bond donors (Lipinski definition) is 4. The molecule has 1 unspecified atom stereocenters. The zero-order valence-corrected chi connectivity index (χ0v) is 17.9. The molecule has 0 fully saturated rings. The number of rotatable bonds is 7. The summed E-state index contributed by atoms with van der Waals surface area (Å²) in [6.07, 6.45) is 0. The number of carbonyl (C=O) groups excluding carboxylic acids is 2. The highest BCUT2D eigenvalue weighted by molar-refractivity contribution is 6.11. The number of hydrogen-bond acceptors (Lipinski definition) is 3. The van der Waals surface area contributed by atoms with Gasteiger partial charge in [0, 0.05) is 17.8 Å². The minimum Gasteiger partial charge on any atom is -0.387 e. The molecule has 0 saturated carbocycles. The second-order valence-electron chi connectivity index (χ2n) is 7.04. The van der Waals surface area contributed by atoms with Crippen LogP contribution < -0.4 is 16.4 Å². The van der Waals surface area contributed by atoms with Crippen LogP contribution in [0.5, 0.6) is 0 Å². The van der Waals surface area contributed by atoms with Gasteiger partial charge in [0.15, 0.2) is 0 Å². The predicted octanol–water partition coefficient (Wildman–Crippen LogP) is 4.01. The van der Waals surface area contributed by atoms with E-state index >= 15 is 0 Å². The quantitative estimate of drug-likeness (QED) is 0.332. The van der Waals surface area contributed by atoms with E-state index in [-0.39, 0.29) is 30.1 Å². The fourth-order valence-electron chi connectivity index (χ4n) is 3.11. The van der Waals surface area contributed by atoms with E-state index in [9.17, 15) is 9.59 Å². The number of nitrogens with one attached hydrogen (secondary N) is 3. The molecule has 0 bridgehead atoms. The fraction of sp³-hybridized carbons (Fsp3) is 0.125. The van der Waals surface area contributed by atoms with Crippen LogP contribution in [0.3, 0.4) is 0 Å². The van der Waals surface area contributed by atoms with Gasteiger partial charge in [0.1, 0.15) is 11.8 Å². The van der Waals surface area contributed by atoms with E-state index < -0.39 is 5.92 Å². The van der Waals surface area contributed by atoms with Gasteiger partial charge < -0.3 is 16.4 Å². The smallest absolute Gasteiger partial charge is 0.251 e. The number of halogens is 1. The number of nitrogens with two attached hydrogens (primary N) is 1. The van der Waals surface area contributed by atoms with Crippen LogP contribution in [0.2, 0.25) is 0 Å². The second-order valence-corrected chi connectivity index (χ2v) is 7.04. The summed E-state index contributed by atoms with van der Waals surface area (Å²) in [5.41, 5.74) is 9.47. The van der Waals surface area contributed by atoms with Gasteiger partial charge in [-0.2, -0.15) is 0 Å². The fourth-order valence-corrected chi connectivity index (χ4v) is 3.11. The third-order valence-corrected chi connectivity index (χ3v) is 4.66. The minimum atomic E-state index is -0.848. The van der Waals surface area contributed by atoms with Gasteiger partial charge in [-0.3, -0.25) is 15.0 Å². The van der Waals surface area contributed by atoms with Crippen LogP contribution in [0.4, 0.5) is 5.69 Å². The van der Waals surface area contributed by atoms with Crippen molar-refractivity contribution in [2.24, 2.45) is 5.73 Å². The molecule has 0 aliphatic heterocycles. The van der Waals surface area contributed by atoms with Crippen molar-refractivity contribution in [3.8, 4) is 0 Å². The van der Waals surface area contributed by atoms with Crippen LogP contribution in [0, 0.1) is 12.3 Å².